The van der Waals surface area contributed by atoms with Gasteiger partial charge in [-0.1, -0.05) is 13.0 Å². The summed E-state index contributed by atoms with van der Waals surface area (Å²) in [4.78, 5) is 32.3. The predicted molar refractivity (Wildman–Crippen MR) is 93.9 cm³/mol. The van der Waals surface area contributed by atoms with Gasteiger partial charge in [0, 0.05) is 17.8 Å². The molecule has 0 bridgehead atoms. The zero-order valence-corrected chi connectivity index (χ0v) is 14.9. The molecule has 1 amide bonds. The molecule has 0 aliphatic carbocycles. The first-order valence-corrected chi connectivity index (χ1v) is 7.83. The Morgan fingerprint density at radius 2 is 2.00 bits per heavy atom. The SMILES string of the molecule is CCC(=O)NC(C)(C)COc1cccc2nc(C)cc(N)c12.O=C=O. The average molecular weight is 345 g/mol. The Bertz CT molecular complexity index is 781. The molecular formula is C18H23N3O4. The zero-order valence-electron chi connectivity index (χ0n) is 14.9. The van der Waals surface area contributed by atoms with Gasteiger partial charge in [0.1, 0.15) is 12.4 Å². The first-order valence-electron chi connectivity index (χ1n) is 7.83. The maximum absolute atomic E-state index is 11.5. The Hall–Kier alpha value is -2.92. The molecule has 2 rings (SSSR count). The number of rotatable bonds is 5. The molecule has 7 heteroatoms. The number of nitrogen functional groups attached to an aromatic ring is 1. The molecule has 0 aliphatic heterocycles. The summed E-state index contributed by atoms with van der Waals surface area (Å²) in [6.07, 6.45) is 0.702. The van der Waals surface area contributed by atoms with E-state index in [1.54, 1.807) is 0 Å². The number of ether oxygens (including phenoxy) is 1. The molecule has 134 valence electrons. The lowest BCUT2D eigenvalue weighted by Crippen LogP contribution is -2.47. The number of nitrogens with zero attached hydrogens (tertiary/aromatic N) is 1. The number of amides is 1. The summed E-state index contributed by atoms with van der Waals surface area (Å²) in [5.74, 6) is 0.685. The van der Waals surface area contributed by atoms with Crippen molar-refractivity contribution in [2.75, 3.05) is 12.3 Å². The molecule has 0 spiro atoms. The second kappa shape index (κ2) is 8.80. The Labute approximate surface area is 146 Å². The topological polar surface area (TPSA) is 111 Å². The predicted octanol–water partition coefficient (Wildman–Crippen LogP) is 2.23. The number of aromatic nitrogens is 1. The van der Waals surface area contributed by atoms with E-state index in [-0.39, 0.29) is 12.1 Å². The van der Waals surface area contributed by atoms with Crippen LogP contribution in [0.2, 0.25) is 0 Å². The minimum absolute atomic E-state index is 0.00308. The van der Waals surface area contributed by atoms with Gasteiger partial charge in [0.05, 0.1) is 16.4 Å². The Kier molecular flexibility index (Phi) is 7.08. The number of hydrogen-bond donors (Lipinski definition) is 2. The highest BCUT2D eigenvalue weighted by Gasteiger charge is 2.21. The third-order valence-corrected chi connectivity index (χ3v) is 3.34. The summed E-state index contributed by atoms with van der Waals surface area (Å²) in [6.45, 7) is 7.94. The van der Waals surface area contributed by atoms with Gasteiger partial charge in [-0.2, -0.15) is 9.59 Å². The quantitative estimate of drug-likeness (QED) is 0.859. The Morgan fingerprint density at radius 3 is 2.60 bits per heavy atom. The van der Waals surface area contributed by atoms with Crippen molar-refractivity contribution in [1.82, 2.24) is 10.3 Å². The summed E-state index contributed by atoms with van der Waals surface area (Å²) in [7, 11) is 0. The fraction of sp³-hybridized carbons (Fsp3) is 0.389. The highest BCUT2D eigenvalue weighted by molar-refractivity contribution is 5.95. The molecule has 2 aromatic rings. The van der Waals surface area contributed by atoms with E-state index in [1.807, 2.05) is 52.0 Å². The molecule has 25 heavy (non-hydrogen) atoms. The van der Waals surface area contributed by atoms with E-state index < -0.39 is 5.54 Å². The molecule has 0 aliphatic rings. The van der Waals surface area contributed by atoms with Gasteiger partial charge in [-0.25, -0.2) is 0 Å². The van der Waals surface area contributed by atoms with E-state index in [2.05, 4.69) is 10.3 Å². The van der Waals surface area contributed by atoms with Crippen molar-refractivity contribution in [2.24, 2.45) is 0 Å². The number of aryl methyl sites for hydroxylation is 1. The lowest BCUT2D eigenvalue weighted by molar-refractivity contribution is -0.191. The molecule has 3 N–H and O–H groups in total. The third-order valence-electron chi connectivity index (χ3n) is 3.34. The van der Waals surface area contributed by atoms with Crippen LogP contribution in [-0.4, -0.2) is 29.2 Å². The monoisotopic (exact) mass is 345 g/mol. The molecule has 0 fully saturated rings. The lowest BCUT2D eigenvalue weighted by Gasteiger charge is -2.26. The number of benzene rings is 1. The molecule has 0 atom stereocenters. The van der Waals surface area contributed by atoms with Gasteiger partial charge in [-0.15, -0.1) is 0 Å². The molecule has 1 aromatic carbocycles. The van der Waals surface area contributed by atoms with Crippen LogP contribution in [0, 0.1) is 6.92 Å². The van der Waals surface area contributed by atoms with Crippen LogP contribution < -0.4 is 15.8 Å². The van der Waals surface area contributed by atoms with Crippen LogP contribution in [0.5, 0.6) is 5.75 Å². The van der Waals surface area contributed by atoms with E-state index in [9.17, 15) is 4.79 Å². The normalized spacial score (nSPS) is 10.4. The number of nitrogens with two attached hydrogens (primary N) is 1. The summed E-state index contributed by atoms with van der Waals surface area (Å²) >= 11 is 0. The van der Waals surface area contributed by atoms with Gasteiger partial charge in [-0.3, -0.25) is 9.78 Å². The molecule has 1 heterocycles. The van der Waals surface area contributed by atoms with Crippen LogP contribution >= 0.6 is 0 Å². The van der Waals surface area contributed by atoms with E-state index >= 15 is 0 Å². The number of fused-ring (bicyclic) bond motifs is 1. The summed E-state index contributed by atoms with van der Waals surface area (Å²) in [6, 6.07) is 7.50. The van der Waals surface area contributed by atoms with E-state index in [0.29, 0.717) is 24.5 Å². The van der Waals surface area contributed by atoms with Crippen LogP contribution in [0.4, 0.5) is 5.69 Å². The van der Waals surface area contributed by atoms with Crippen molar-refractivity contribution in [3.8, 4) is 5.75 Å². The van der Waals surface area contributed by atoms with Gasteiger partial charge in [0.15, 0.2) is 0 Å². The number of carbonyl (C=O) groups is 1. The molecule has 0 unspecified atom stereocenters. The van der Waals surface area contributed by atoms with Crippen molar-refractivity contribution in [3.05, 3.63) is 30.0 Å². The van der Waals surface area contributed by atoms with Gasteiger partial charge in [0.25, 0.3) is 0 Å². The zero-order chi connectivity index (χ0) is 19.0. The smallest absolute Gasteiger partial charge is 0.373 e. The molecular weight excluding hydrogens is 322 g/mol. The van der Waals surface area contributed by atoms with Crippen LogP contribution in [0.3, 0.4) is 0 Å². The maximum Gasteiger partial charge on any atom is 0.373 e. The van der Waals surface area contributed by atoms with E-state index in [4.69, 9.17) is 20.1 Å². The Balaban J connectivity index is 0.000000970. The van der Waals surface area contributed by atoms with Crippen molar-refractivity contribution >= 4 is 28.6 Å². The molecule has 1 aromatic heterocycles. The largest absolute Gasteiger partial charge is 0.490 e. The summed E-state index contributed by atoms with van der Waals surface area (Å²) < 4.78 is 5.92. The van der Waals surface area contributed by atoms with Gasteiger partial charge in [0.2, 0.25) is 5.91 Å². The van der Waals surface area contributed by atoms with Gasteiger partial charge in [-0.05, 0) is 39.0 Å². The number of nitrogens with one attached hydrogen (secondary N) is 1. The molecule has 0 saturated carbocycles. The average Bonchev–Trinajstić information content (AvgIpc) is 2.52. The number of anilines is 1. The van der Waals surface area contributed by atoms with Crippen LogP contribution in [0.1, 0.15) is 32.9 Å². The fourth-order valence-corrected chi connectivity index (χ4v) is 2.30. The highest BCUT2D eigenvalue weighted by Crippen LogP contribution is 2.30. The Morgan fingerprint density at radius 1 is 1.36 bits per heavy atom. The first kappa shape index (κ1) is 20.1. The van der Waals surface area contributed by atoms with E-state index in [0.717, 1.165) is 16.6 Å². The summed E-state index contributed by atoms with van der Waals surface area (Å²) in [5, 5.41) is 3.75. The third kappa shape index (κ3) is 5.90. The number of hydrogen-bond acceptors (Lipinski definition) is 6. The molecule has 0 radical (unpaired) electrons. The van der Waals surface area contributed by atoms with Gasteiger partial charge < -0.3 is 15.8 Å². The number of carbonyl (C=O) groups excluding carboxylic acids is 3. The second-order valence-corrected chi connectivity index (χ2v) is 6.16. The second-order valence-electron chi connectivity index (χ2n) is 6.16. The number of pyridine rings is 1. The standard InChI is InChI=1S/C17H23N3O2.CO2/c1-5-15(21)20-17(3,4)10-22-14-8-6-7-13-16(14)12(18)9-11(2)19-13;2-1-3/h6-9H,5,10H2,1-4H3,(H2,18,19)(H,20,21);. The van der Waals surface area contributed by atoms with Gasteiger partial charge >= 0.3 is 6.15 Å². The highest BCUT2D eigenvalue weighted by atomic mass is 16.5. The minimum Gasteiger partial charge on any atom is -0.490 e. The van der Waals surface area contributed by atoms with E-state index in [1.165, 1.54) is 0 Å². The fourth-order valence-electron chi connectivity index (χ4n) is 2.30. The summed E-state index contributed by atoms with van der Waals surface area (Å²) in [5.41, 5.74) is 7.98. The lowest BCUT2D eigenvalue weighted by atomic mass is 10.1. The molecule has 7 nitrogen and oxygen atoms in total. The minimum atomic E-state index is -0.456. The van der Waals surface area contributed by atoms with Crippen LogP contribution in [0.15, 0.2) is 24.3 Å². The van der Waals surface area contributed by atoms with Crippen molar-refractivity contribution in [3.63, 3.8) is 0 Å². The maximum atomic E-state index is 11.5. The van der Waals surface area contributed by atoms with Crippen LogP contribution in [-0.2, 0) is 14.4 Å². The molecule has 0 saturated heterocycles. The van der Waals surface area contributed by atoms with Crippen molar-refractivity contribution in [2.45, 2.75) is 39.7 Å². The van der Waals surface area contributed by atoms with Crippen molar-refractivity contribution < 1.29 is 19.1 Å². The van der Waals surface area contributed by atoms with Crippen molar-refractivity contribution in [1.29, 1.82) is 0 Å². The van der Waals surface area contributed by atoms with Crippen LogP contribution in [0.25, 0.3) is 10.9 Å². The first-order chi connectivity index (χ1) is 11.7.